The first-order valence-corrected chi connectivity index (χ1v) is 6.76. The van der Waals surface area contributed by atoms with Crippen LogP contribution in [-0.2, 0) is 6.42 Å². The molecule has 0 saturated carbocycles. The minimum Gasteiger partial charge on any atom is -0.261 e. The Kier molecular flexibility index (Phi) is 12.1. The van der Waals surface area contributed by atoms with Crippen LogP contribution in [0.4, 0.5) is 5.69 Å². The van der Waals surface area contributed by atoms with Crippen LogP contribution in [0.3, 0.4) is 0 Å². The molecular formula is C15H28N2. The van der Waals surface area contributed by atoms with Gasteiger partial charge in [0.25, 0.3) is 0 Å². The van der Waals surface area contributed by atoms with Gasteiger partial charge in [0.1, 0.15) is 0 Å². The lowest BCUT2D eigenvalue weighted by molar-refractivity contribution is 1.12. The molecule has 0 amide bonds. The van der Waals surface area contributed by atoms with Crippen LogP contribution >= 0.6 is 0 Å². The van der Waals surface area contributed by atoms with Gasteiger partial charge in [0.05, 0.1) is 5.69 Å². The fourth-order valence-electron chi connectivity index (χ4n) is 1.39. The highest BCUT2D eigenvalue weighted by atomic mass is 14.8. The molecule has 1 aromatic rings. The van der Waals surface area contributed by atoms with Crippen LogP contribution in [0.25, 0.3) is 0 Å². The van der Waals surface area contributed by atoms with Crippen molar-refractivity contribution in [3.05, 3.63) is 23.0 Å². The molecular weight excluding hydrogens is 208 g/mol. The van der Waals surface area contributed by atoms with Gasteiger partial charge in [-0.05, 0) is 19.4 Å². The van der Waals surface area contributed by atoms with Gasteiger partial charge in [0.15, 0.2) is 0 Å². The van der Waals surface area contributed by atoms with Crippen LogP contribution in [0.15, 0.2) is 11.2 Å². The molecule has 1 aliphatic heterocycles. The summed E-state index contributed by atoms with van der Waals surface area (Å²) in [4.78, 5) is 8.56. The highest BCUT2D eigenvalue weighted by Crippen LogP contribution is 2.28. The van der Waals surface area contributed by atoms with Crippen LogP contribution in [-0.4, -0.2) is 11.2 Å². The Balaban J connectivity index is 0. The Morgan fingerprint density at radius 3 is 1.94 bits per heavy atom. The van der Waals surface area contributed by atoms with Gasteiger partial charge in [-0.25, -0.2) is 0 Å². The maximum atomic E-state index is 4.29. The third-order valence-electron chi connectivity index (χ3n) is 2.06. The number of fused-ring (bicyclic) bond motifs is 1. The molecule has 0 bridgehead atoms. The summed E-state index contributed by atoms with van der Waals surface area (Å²) in [6.07, 6.45) is 4.79. The van der Waals surface area contributed by atoms with E-state index in [2.05, 4.69) is 9.98 Å². The Morgan fingerprint density at radius 2 is 1.47 bits per heavy atom. The van der Waals surface area contributed by atoms with Crippen molar-refractivity contribution in [3.8, 4) is 0 Å². The van der Waals surface area contributed by atoms with Crippen molar-refractivity contribution in [1.29, 1.82) is 0 Å². The molecule has 0 aromatic carbocycles. The van der Waals surface area contributed by atoms with Crippen LogP contribution in [0.5, 0.6) is 0 Å². The first-order chi connectivity index (χ1) is 8.29. The van der Waals surface area contributed by atoms with Gasteiger partial charge in [-0.15, -0.1) is 0 Å². The van der Waals surface area contributed by atoms with Gasteiger partial charge in [-0.1, -0.05) is 41.5 Å². The molecule has 17 heavy (non-hydrogen) atoms. The summed E-state index contributed by atoms with van der Waals surface area (Å²) in [5.74, 6) is 0. The second-order valence-electron chi connectivity index (χ2n) is 2.87. The van der Waals surface area contributed by atoms with Gasteiger partial charge in [0.2, 0.25) is 0 Å². The fraction of sp³-hybridized carbons (Fsp3) is 0.600. The minimum atomic E-state index is 0.954. The third kappa shape index (κ3) is 5.12. The van der Waals surface area contributed by atoms with Gasteiger partial charge >= 0.3 is 0 Å². The zero-order chi connectivity index (χ0) is 13.8. The number of aromatic nitrogens is 1. The number of hydrogen-bond acceptors (Lipinski definition) is 2. The predicted octanol–water partition coefficient (Wildman–Crippen LogP) is 5.04. The zero-order valence-electron chi connectivity index (χ0n) is 12.8. The Labute approximate surface area is 107 Å². The van der Waals surface area contributed by atoms with Crippen LogP contribution in [0.1, 0.15) is 58.4 Å². The number of pyridine rings is 1. The highest BCUT2D eigenvalue weighted by molar-refractivity contribution is 5.77. The topological polar surface area (TPSA) is 25.2 Å². The van der Waals surface area contributed by atoms with Gasteiger partial charge in [-0.2, -0.15) is 0 Å². The number of rotatable bonds is 0. The molecule has 2 nitrogen and oxygen atoms in total. The van der Waals surface area contributed by atoms with Gasteiger partial charge < -0.3 is 0 Å². The van der Waals surface area contributed by atoms with E-state index in [4.69, 9.17) is 0 Å². The molecule has 0 N–H and O–H groups in total. The molecule has 0 radical (unpaired) electrons. The molecule has 2 heteroatoms. The van der Waals surface area contributed by atoms with E-state index in [0.717, 1.165) is 17.8 Å². The quantitative estimate of drug-likeness (QED) is 0.620. The normalized spacial score (nSPS) is 9.88. The van der Waals surface area contributed by atoms with Crippen molar-refractivity contribution < 1.29 is 0 Å². The summed E-state index contributed by atoms with van der Waals surface area (Å²) in [7, 11) is 0. The first-order valence-electron chi connectivity index (χ1n) is 6.76. The predicted molar refractivity (Wildman–Crippen MR) is 79.6 cm³/mol. The van der Waals surface area contributed by atoms with E-state index >= 15 is 0 Å². The number of hydrogen-bond donors (Lipinski definition) is 0. The maximum absolute atomic E-state index is 4.29. The maximum Gasteiger partial charge on any atom is 0.0724 e. The average Bonchev–Trinajstić information content (AvgIpc) is 2.92. The Morgan fingerprint density at radius 1 is 0.941 bits per heavy atom. The largest absolute Gasteiger partial charge is 0.261 e. The first kappa shape index (κ1) is 18.2. The molecule has 2 rings (SSSR count). The molecule has 1 aliphatic rings. The highest BCUT2D eigenvalue weighted by Gasteiger charge is 2.11. The number of aliphatic imine (C=N–C) groups is 1. The summed E-state index contributed by atoms with van der Waals surface area (Å²) >= 11 is 0. The summed E-state index contributed by atoms with van der Waals surface area (Å²) in [5.41, 5.74) is 4.73. The second-order valence-corrected chi connectivity index (χ2v) is 2.87. The van der Waals surface area contributed by atoms with Crippen molar-refractivity contribution in [2.24, 2.45) is 4.99 Å². The van der Waals surface area contributed by atoms with Crippen LogP contribution < -0.4 is 0 Å². The molecule has 2 heterocycles. The lowest BCUT2D eigenvalue weighted by Gasteiger charge is -2.03. The molecule has 0 aliphatic carbocycles. The van der Waals surface area contributed by atoms with Crippen molar-refractivity contribution in [3.63, 3.8) is 0 Å². The van der Waals surface area contributed by atoms with Crippen LogP contribution in [0, 0.1) is 13.8 Å². The van der Waals surface area contributed by atoms with Crippen molar-refractivity contribution >= 4 is 11.9 Å². The molecule has 98 valence electrons. The smallest absolute Gasteiger partial charge is 0.0724 e. The summed E-state index contributed by atoms with van der Waals surface area (Å²) in [5, 5.41) is 0. The van der Waals surface area contributed by atoms with E-state index in [9.17, 15) is 0 Å². The minimum absolute atomic E-state index is 0.954. The van der Waals surface area contributed by atoms with E-state index in [1.165, 1.54) is 11.1 Å². The molecule has 1 aromatic heterocycles. The lowest BCUT2D eigenvalue weighted by Crippen LogP contribution is -1.90. The van der Waals surface area contributed by atoms with Crippen molar-refractivity contribution in [1.82, 2.24) is 4.98 Å². The lowest BCUT2D eigenvalue weighted by atomic mass is 10.1. The van der Waals surface area contributed by atoms with Crippen molar-refractivity contribution in [2.75, 3.05) is 0 Å². The number of aryl methyl sites for hydroxylation is 2. The molecule has 0 saturated heterocycles. The molecule has 0 unspecified atom stereocenters. The molecule has 0 atom stereocenters. The summed E-state index contributed by atoms with van der Waals surface area (Å²) in [6.45, 7) is 16.1. The van der Waals surface area contributed by atoms with E-state index in [1.807, 2.05) is 67.8 Å². The zero-order valence-corrected chi connectivity index (χ0v) is 12.8. The van der Waals surface area contributed by atoms with Gasteiger partial charge in [-0.3, -0.25) is 9.98 Å². The molecule has 0 fully saturated rings. The van der Waals surface area contributed by atoms with E-state index in [-0.39, 0.29) is 0 Å². The van der Waals surface area contributed by atoms with E-state index < -0.39 is 0 Å². The summed E-state index contributed by atoms with van der Waals surface area (Å²) < 4.78 is 0. The fourth-order valence-corrected chi connectivity index (χ4v) is 1.39. The third-order valence-corrected chi connectivity index (χ3v) is 2.06. The number of nitrogens with zero attached hydrogens (tertiary/aromatic N) is 2. The van der Waals surface area contributed by atoms with Crippen molar-refractivity contribution in [2.45, 2.75) is 61.8 Å². The standard InChI is InChI=1S/C9H10N2.3C2H6/c1-6-5-11-7(2)8-3-4-10-9(6)8;3*1-2/h4-5H,3H2,1-2H3;3*1-2H3. The average molecular weight is 236 g/mol. The Bertz CT molecular complexity index is 328. The molecule has 0 spiro atoms. The second kappa shape index (κ2) is 11.3. The van der Waals surface area contributed by atoms with E-state index in [1.54, 1.807) is 0 Å². The summed E-state index contributed by atoms with van der Waals surface area (Å²) in [6, 6.07) is 0. The monoisotopic (exact) mass is 236 g/mol. The van der Waals surface area contributed by atoms with Gasteiger partial charge in [0, 0.05) is 30.1 Å². The SMILES string of the molecule is CC.CC.CC.Cc1cnc(C)c2c1N=CC2. The van der Waals surface area contributed by atoms with Crippen LogP contribution in [0.2, 0.25) is 0 Å². The Hall–Kier alpha value is -1.18. The van der Waals surface area contributed by atoms with E-state index in [0.29, 0.717) is 0 Å².